The molecule has 0 aliphatic heterocycles. The molecule has 110 valence electrons. The van der Waals surface area contributed by atoms with E-state index in [4.69, 9.17) is 21.1 Å². The Bertz CT molecular complexity index is 626. The first kappa shape index (κ1) is 15.3. The minimum absolute atomic E-state index is 0.120. The molecule has 0 N–H and O–H groups in total. The molecule has 0 amide bonds. The van der Waals surface area contributed by atoms with Gasteiger partial charge in [-0.05, 0) is 31.5 Å². The van der Waals surface area contributed by atoms with Crippen LogP contribution in [-0.2, 0) is 16.1 Å². The smallest absolute Gasteiger partial charge is 0.344 e. The van der Waals surface area contributed by atoms with E-state index in [9.17, 15) is 4.79 Å². The lowest BCUT2D eigenvalue weighted by atomic mass is 10.1. The van der Waals surface area contributed by atoms with Crippen molar-refractivity contribution >= 4 is 17.6 Å². The van der Waals surface area contributed by atoms with Crippen LogP contribution in [0.3, 0.4) is 0 Å². The number of nitrogens with zero attached hydrogens (tertiary/aromatic N) is 1. The molecule has 0 unspecified atom stereocenters. The van der Waals surface area contributed by atoms with Crippen LogP contribution in [0.5, 0.6) is 5.75 Å². The summed E-state index contributed by atoms with van der Waals surface area (Å²) in [6.45, 7) is 3.97. The molecule has 0 aliphatic rings. The highest BCUT2D eigenvalue weighted by molar-refractivity contribution is 6.29. The molecular weight excluding hydrogens is 290 g/mol. The number of ether oxygens (including phenoxy) is 2. The van der Waals surface area contributed by atoms with Gasteiger partial charge < -0.3 is 9.47 Å². The van der Waals surface area contributed by atoms with Crippen molar-refractivity contribution in [2.75, 3.05) is 6.61 Å². The Kier molecular flexibility index (Phi) is 5.17. The van der Waals surface area contributed by atoms with Crippen molar-refractivity contribution in [2.45, 2.75) is 20.5 Å². The molecular formula is C16H16ClNO3. The number of carbonyl (C=O) groups excluding carboxylic acids is 1. The van der Waals surface area contributed by atoms with Gasteiger partial charge in [-0.25, -0.2) is 9.78 Å². The van der Waals surface area contributed by atoms with Gasteiger partial charge in [0.25, 0.3) is 0 Å². The van der Waals surface area contributed by atoms with Crippen LogP contribution in [0.15, 0.2) is 36.5 Å². The van der Waals surface area contributed by atoms with E-state index in [2.05, 4.69) is 4.98 Å². The monoisotopic (exact) mass is 305 g/mol. The molecule has 0 atom stereocenters. The molecule has 0 saturated heterocycles. The van der Waals surface area contributed by atoms with Crippen molar-refractivity contribution < 1.29 is 14.3 Å². The molecule has 4 nitrogen and oxygen atoms in total. The average molecular weight is 306 g/mol. The number of aromatic nitrogens is 1. The maximum absolute atomic E-state index is 11.6. The molecule has 0 fully saturated rings. The van der Waals surface area contributed by atoms with E-state index in [1.165, 1.54) is 0 Å². The fourth-order valence-electron chi connectivity index (χ4n) is 1.80. The van der Waals surface area contributed by atoms with Gasteiger partial charge in [0, 0.05) is 11.8 Å². The van der Waals surface area contributed by atoms with E-state index in [1.807, 2.05) is 32.0 Å². The Morgan fingerprint density at radius 3 is 2.71 bits per heavy atom. The number of esters is 1. The number of carbonyl (C=O) groups is 1. The molecule has 0 spiro atoms. The van der Waals surface area contributed by atoms with Crippen LogP contribution in [0.1, 0.15) is 16.7 Å². The number of rotatable bonds is 5. The zero-order valence-electron chi connectivity index (χ0n) is 11.9. The molecule has 1 heterocycles. The van der Waals surface area contributed by atoms with E-state index >= 15 is 0 Å². The summed E-state index contributed by atoms with van der Waals surface area (Å²) < 4.78 is 10.6. The third-order valence-corrected chi connectivity index (χ3v) is 3.09. The van der Waals surface area contributed by atoms with Crippen molar-refractivity contribution in [2.24, 2.45) is 0 Å². The summed E-state index contributed by atoms with van der Waals surface area (Å²) in [5.74, 6) is 0.260. The SMILES string of the molecule is Cc1ccc(OCC(=O)OCc2ccc(Cl)nc2)c(C)c1. The number of halogens is 1. The molecule has 0 radical (unpaired) electrons. The zero-order chi connectivity index (χ0) is 15.2. The molecule has 1 aromatic heterocycles. The second-order valence-corrected chi connectivity index (χ2v) is 5.09. The van der Waals surface area contributed by atoms with Crippen molar-refractivity contribution in [1.82, 2.24) is 4.98 Å². The van der Waals surface area contributed by atoms with E-state index in [0.717, 1.165) is 16.7 Å². The Balaban J connectivity index is 1.80. The number of hydrogen-bond acceptors (Lipinski definition) is 4. The van der Waals surface area contributed by atoms with Crippen LogP contribution in [0.25, 0.3) is 0 Å². The van der Waals surface area contributed by atoms with Crippen LogP contribution < -0.4 is 4.74 Å². The lowest BCUT2D eigenvalue weighted by molar-refractivity contribution is -0.147. The van der Waals surface area contributed by atoms with Crippen LogP contribution in [0.4, 0.5) is 0 Å². The lowest BCUT2D eigenvalue weighted by Crippen LogP contribution is -2.15. The van der Waals surface area contributed by atoms with Gasteiger partial charge in [0.2, 0.25) is 0 Å². The van der Waals surface area contributed by atoms with Crippen LogP contribution >= 0.6 is 11.6 Å². The second-order valence-electron chi connectivity index (χ2n) is 4.71. The molecule has 21 heavy (non-hydrogen) atoms. The predicted octanol–water partition coefficient (Wildman–Crippen LogP) is 3.47. The minimum atomic E-state index is -0.426. The molecule has 0 bridgehead atoms. The maximum Gasteiger partial charge on any atom is 0.344 e. The minimum Gasteiger partial charge on any atom is -0.482 e. The fourth-order valence-corrected chi connectivity index (χ4v) is 1.91. The molecule has 0 saturated carbocycles. The first-order valence-corrected chi connectivity index (χ1v) is 6.88. The Morgan fingerprint density at radius 1 is 1.24 bits per heavy atom. The van der Waals surface area contributed by atoms with Gasteiger partial charge >= 0.3 is 5.97 Å². The largest absolute Gasteiger partial charge is 0.482 e. The number of pyridine rings is 1. The van der Waals surface area contributed by atoms with Gasteiger partial charge in [-0.1, -0.05) is 35.4 Å². The van der Waals surface area contributed by atoms with Gasteiger partial charge in [0.05, 0.1) is 0 Å². The summed E-state index contributed by atoms with van der Waals surface area (Å²) in [7, 11) is 0. The average Bonchev–Trinajstić information content (AvgIpc) is 2.46. The lowest BCUT2D eigenvalue weighted by Gasteiger charge is -2.09. The first-order valence-electron chi connectivity index (χ1n) is 6.51. The van der Waals surface area contributed by atoms with Crippen molar-refractivity contribution in [3.05, 3.63) is 58.4 Å². The van der Waals surface area contributed by atoms with Crippen LogP contribution in [-0.4, -0.2) is 17.6 Å². The third-order valence-electron chi connectivity index (χ3n) is 2.86. The Labute approximate surface area is 128 Å². The highest BCUT2D eigenvalue weighted by Gasteiger charge is 2.07. The van der Waals surface area contributed by atoms with Gasteiger partial charge in [0.15, 0.2) is 6.61 Å². The molecule has 2 rings (SSSR count). The van der Waals surface area contributed by atoms with E-state index < -0.39 is 5.97 Å². The topological polar surface area (TPSA) is 48.4 Å². The van der Waals surface area contributed by atoms with Crippen molar-refractivity contribution in [3.8, 4) is 5.75 Å². The van der Waals surface area contributed by atoms with Crippen LogP contribution in [0.2, 0.25) is 5.15 Å². The van der Waals surface area contributed by atoms with Crippen LogP contribution in [0, 0.1) is 13.8 Å². The van der Waals surface area contributed by atoms with Gasteiger partial charge in [-0.15, -0.1) is 0 Å². The summed E-state index contributed by atoms with van der Waals surface area (Å²) in [6, 6.07) is 9.19. The van der Waals surface area contributed by atoms with Gasteiger partial charge in [-0.2, -0.15) is 0 Å². The number of hydrogen-bond donors (Lipinski definition) is 0. The van der Waals surface area contributed by atoms with Gasteiger partial charge in [0.1, 0.15) is 17.5 Å². The highest BCUT2D eigenvalue weighted by atomic mass is 35.5. The standard InChI is InChI=1S/C16H16ClNO3/c1-11-3-5-14(12(2)7-11)20-10-16(19)21-9-13-4-6-15(17)18-8-13/h3-8H,9-10H2,1-2H3. The summed E-state index contributed by atoms with van der Waals surface area (Å²) in [4.78, 5) is 15.6. The van der Waals surface area contributed by atoms with Crippen molar-refractivity contribution in [1.29, 1.82) is 0 Å². The third kappa shape index (κ3) is 4.76. The Morgan fingerprint density at radius 2 is 2.05 bits per heavy atom. The first-order chi connectivity index (χ1) is 10.0. The summed E-state index contributed by atoms with van der Waals surface area (Å²) in [5, 5.41) is 0.406. The molecule has 1 aromatic carbocycles. The number of benzene rings is 1. The molecule has 2 aromatic rings. The van der Waals surface area contributed by atoms with E-state index in [0.29, 0.717) is 10.9 Å². The normalized spacial score (nSPS) is 10.2. The van der Waals surface area contributed by atoms with E-state index in [1.54, 1.807) is 18.3 Å². The number of aryl methyl sites for hydroxylation is 2. The molecule has 0 aliphatic carbocycles. The van der Waals surface area contributed by atoms with E-state index in [-0.39, 0.29) is 13.2 Å². The van der Waals surface area contributed by atoms with Gasteiger partial charge in [-0.3, -0.25) is 0 Å². The molecule has 5 heteroatoms. The van der Waals surface area contributed by atoms with Crippen molar-refractivity contribution in [3.63, 3.8) is 0 Å². The fraction of sp³-hybridized carbons (Fsp3) is 0.250. The Hall–Kier alpha value is -2.07. The second kappa shape index (κ2) is 7.09. The summed E-state index contributed by atoms with van der Waals surface area (Å²) in [5.41, 5.74) is 2.92. The summed E-state index contributed by atoms with van der Waals surface area (Å²) >= 11 is 5.68. The predicted molar refractivity (Wildman–Crippen MR) is 80.5 cm³/mol. The highest BCUT2D eigenvalue weighted by Crippen LogP contribution is 2.18. The maximum atomic E-state index is 11.6. The summed E-state index contributed by atoms with van der Waals surface area (Å²) in [6.07, 6.45) is 1.57. The quantitative estimate of drug-likeness (QED) is 0.627. The zero-order valence-corrected chi connectivity index (χ0v) is 12.7.